The van der Waals surface area contributed by atoms with Gasteiger partial charge in [0.1, 0.15) is 11.8 Å². The van der Waals surface area contributed by atoms with E-state index in [9.17, 15) is 4.79 Å². The van der Waals surface area contributed by atoms with E-state index in [4.69, 9.17) is 10.2 Å². The molecule has 0 aliphatic rings. The monoisotopic (exact) mass is 288 g/mol. The molecule has 2 aromatic rings. The number of nitrogens with two attached hydrogens (primary N) is 1. The first-order chi connectivity index (χ1) is 9.95. The summed E-state index contributed by atoms with van der Waals surface area (Å²) in [7, 11) is 0. The number of rotatable bonds is 4. The lowest BCUT2D eigenvalue weighted by molar-refractivity contribution is 0.247. The van der Waals surface area contributed by atoms with Crippen LogP contribution in [0.3, 0.4) is 0 Å². The van der Waals surface area contributed by atoms with Crippen LogP contribution in [0.5, 0.6) is 0 Å². The Morgan fingerprint density at radius 1 is 1.38 bits per heavy atom. The number of urea groups is 1. The van der Waals surface area contributed by atoms with Gasteiger partial charge in [-0.15, -0.1) is 0 Å². The molecule has 6 heteroatoms. The van der Waals surface area contributed by atoms with Gasteiger partial charge in [0.05, 0.1) is 6.20 Å². The Morgan fingerprint density at radius 2 is 2.14 bits per heavy atom. The topological polar surface area (TPSA) is 93.2 Å². The molecule has 0 saturated carbocycles. The predicted octanol–water partition coefficient (Wildman–Crippen LogP) is 2.89. The second-order valence-corrected chi connectivity index (χ2v) is 5.04. The van der Waals surface area contributed by atoms with Gasteiger partial charge in [-0.05, 0) is 38.5 Å². The predicted molar refractivity (Wildman–Crippen MR) is 80.9 cm³/mol. The van der Waals surface area contributed by atoms with Gasteiger partial charge >= 0.3 is 6.03 Å². The van der Waals surface area contributed by atoms with Crippen molar-refractivity contribution >= 4 is 11.7 Å². The third kappa shape index (κ3) is 4.06. The molecule has 0 fully saturated rings. The standard InChI is InChI=1S/C15H20N4O2/c1-9-8-17-14(21-9)11(3)18-15(20)19-13-6-4-5-12(7-13)10(2)16/h4-8,10-11H,16H2,1-3H3,(H2,18,19,20). The van der Waals surface area contributed by atoms with Crippen LogP contribution in [0.4, 0.5) is 10.5 Å². The molecular weight excluding hydrogens is 268 g/mol. The van der Waals surface area contributed by atoms with E-state index in [1.165, 1.54) is 0 Å². The second-order valence-electron chi connectivity index (χ2n) is 5.04. The summed E-state index contributed by atoms with van der Waals surface area (Å²) in [5, 5.41) is 5.54. The summed E-state index contributed by atoms with van der Waals surface area (Å²) in [5.74, 6) is 1.19. The van der Waals surface area contributed by atoms with Crippen LogP contribution in [0.1, 0.15) is 43.1 Å². The van der Waals surface area contributed by atoms with Gasteiger partial charge in [0.2, 0.25) is 5.89 Å². The fraction of sp³-hybridized carbons (Fsp3) is 0.333. The molecule has 0 radical (unpaired) electrons. The van der Waals surface area contributed by atoms with Crippen molar-refractivity contribution < 1.29 is 9.21 Å². The van der Waals surface area contributed by atoms with Crippen LogP contribution in [0.15, 0.2) is 34.9 Å². The molecular formula is C15H20N4O2. The highest BCUT2D eigenvalue weighted by molar-refractivity contribution is 5.89. The summed E-state index contributed by atoms with van der Waals surface area (Å²) in [6.07, 6.45) is 1.62. The van der Waals surface area contributed by atoms with Crippen molar-refractivity contribution in [3.8, 4) is 0 Å². The van der Waals surface area contributed by atoms with Crippen molar-refractivity contribution in [1.82, 2.24) is 10.3 Å². The summed E-state index contributed by atoms with van der Waals surface area (Å²) in [6.45, 7) is 5.51. The Balaban J connectivity index is 1.97. The number of oxazole rings is 1. The maximum absolute atomic E-state index is 12.0. The first kappa shape index (κ1) is 15.1. The average Bonchev–Trinajstić information content (AvgIpc) is 2.85. The maximum Gasteiger partial charge on any atom is 0.319 e. The Bertz CT molecular complexity index is 622. The molecule has 1 heterocycles. The maximum atomic E-state index is 12.0. The highest BCUT2D eigenvalue weighted by atomic mass is 16.4. The molecule has 0 aliphatic carbocycles. The van der Waals surface area contributed by atoms with Crippen molar-refractivity contribution in [3.63, 3.8) is 0 Å². The van der Waals surface area contributed by atoms with Gasteiger partial charge in [-0.3, -0.25) is 0 Å². The number of aromatic nitrogens is 1. The number of aryl methyl sites for hydroxylation is 1. The number of amides is 2. The molecule has 21 heavy (non-hydrogen) atoms. The number of nitrogens with zero attached hydrogens (tertiary/aromatic N) is 1. The van der Waals surface area contributed by atoms with Gasteiger partial charge in [-0.25, -0.2) is 9.78 Å². The van der Waals surface area contributed by atoms with E-state index < -0.39 is 0 Å². The van der Waals surface area contributed by atoms with Gasteiger partial charge in [0.25, 0.3) is 0 Å². The Labute approximate surface area is 123 Å². The third-order valence-corrected chi connectivity index (χ3v) is 3.03. The quantitative estimate of drug-likeness (QED) is 0.806. The minimum Gasteiger partial charge on any atom is -0.444 e. The van der Waals surface area contributed by atoms with Crippen LogP contribution in [0, 0.1) is 6.92 Å². The molecule has 0 spiro atoms. The number of anilines is 1. The van der Waals surface area contributed by atoms with E-state index in [2.05, 4.69) is 15.6 Å². The van der Waals surface area contributed by atoms with Crippen molar-refractivity contribution in [2.75, 3.05) is 5.32 Å². The summed E-state index contributed by atoms with van der Waals surface area (Å²) in [4.78, 5) is 16.0. The molecule has 0 saturated heterocycles. The summed E-state index contributed by atoms with van der Waals surface area (Å²) in [6, 6.07) is 6.73. The van der Waals surface area contributed by atoms with E-state index in [1.807, 2.05) is 45.0 Å². The number of hydrogen-bond donors (Lipinski definition) is 3. The van der Waals surface area contributed by atoms with Gasteiger partial charge in [-0.1, -0.05) is 12.1 Å². The molecule has 2 amide bonds. The molecule has 2 rings (SSSR count). The third-order valence-electron chi connectivity index (χ3n) is 3.03. The largest absolute Gasteiger partial charge is 0.444 e. The zero-order chi connectivity index (χ0) is 15.4. The minimum atomic E-state index is -0.319. The second kappa shape index (κ2) is 6.41. The fourth-order valence-corrected chi connectivity index (χ4v) is 1.90. The molecule has 2 unspecified atom stereocenters. The van der Waals surface area contributed by atoms with E-state index >= 15 is 0 Å². The molecule has 112 valence electrons. The lowest BCUT2D eigenvalue weighted by Gasteiger charge is -2.13. The first-order valence-electron chi connectivity index (χ1n) is 6.81. The Morgan fingerprint density at radius 3 is 2.76 bits per heavy atom. The normalized spacial score (nSPS) is 13.5. The lowest BCUT2D eigenvalue weighted by atomic mass is 10.1. The summed E-state index contributed by atoms with van der Waals surface area (Å²) in [5.41, 5.74) is 7.48. The number of carbonyl (C=O) groups is 1. The average molecular weight is 288 g/mol. The molecule has 0 bridgehead atoms. The van der Waals surface area contributed by atoms with Crippen LogP contribution >= 0.6 is 0 Å². The summed E-state index contributed by atoms with van der Waals surface area (Å²) < 4.78 is 5.38. The Kier molecular flexibility index (Phi) is 4.59. The van der Waals surface area contributed by atoms with E-state index in [-0.39, 0.29) is 18.1 Å². The van der Waals surface area contributed by atoms with Crippen molar-refractivity contribution in [3.05, 3.63) is 47.7 Å². The van der Waals surface area contributed by atoms with Crippen LogP contribution in [-0.2, 0) is 0 Å². The van der Waals surface area contributed by atoms with Crippen molar-refractivity contribution in [1.29, 1.82) is 0 Å². The molecule has 0 aliphatic heterocycles. The zero-order valence-corrected chi connectivity index (χ0v) is 12.4. The summed E-state index contributed by atoms with van der Waals surface area (Å²) >= 11 is 0. The lowest BCUT2D eigenvalue weighted by Crippen LogP contribution is -2.31. The SMILES string of the molecule is Cc1cnc(C(C)NC(=O)Nc2cccc(C(C)N)c2)o1. The molecule has 1 aromatic carbocycles. The number of hydrogen-bond acceptors (Lipinski definition) is 4. The Hall–Kier alpha value is -2.34. The smallest absolute Gasteiger partial charge is 0.319 e. The van der Waals surface area contributed by atoms with Crippen LogP contribution in [0.2, 0.25) is 0 Å². The first-order valence-corrected chi connectivity index (χ1v) is 6.81. The van der Waals surface area contributed by atoms with E-state index in [0.717, 1.165) is 5.56 Å². The highest BCUT2D eigenvalue weighted by Gasteiger charge is 2.14. The molecule has 4 N–H and O–H groups in total. The fourth-order valence-electron chi connectivity index (χ4n) is 1.90. The molecule has 2 atom stereocenters. The van der Waals surface area contributed by atoms with Crippen molar-refractivity contribution in [2.45, 2.75) is 32.9 Å². The highest BCUT2D eigenvalue weighted by Crippen LogP contribution is 2.16. The number of nitrogens with one attached hydrogen (secondary N) is 2. The van der Waals surface area contributed by atoms with Crippen LogP contribution < -0.4 is 16.4 Å². The van der Waals surface area contributed by atoms with Gasteiger partial charge in [0.15, 0.2) is 0 Å². The number of benzene rings is 1. The van der Waals surface area contributed by atoms with E-state index in [1.54, 1.807) is 6.20 Å². The van der Waals surface area contributed by atoms with Gasteiger partial charge < -0.3 is 20.8 Å². The molecule has 1 aromatic heterocycles. The van der Waals surface area contributed by atoms with Crippen molar-refractivity contribution in [2.24, 2.45) is 5.73 Å². The van der Waals surface area contributed by atoms with E-state index in [0.29, 0.717) is 17.3 Å². The van der Waals surface area contributed by atoms with Crippen LogP contribution in [0.25, 0.3) is 0 Å². The van der Waals surface area contributed by atoms with Gasteiger partial charge in [-0.2, -0.15) is 0 Å². The zero-order valence-electron chi connectivity index (χ0n) is 12.4. The van der Waals surface area contributed by atoms with Crippen LogP contribution in [-0.4, -0.2) is 11.0 Å². The minimum absolute atomic E-state index is 0.0796. The molecule has 6 nitrogen and oxygen atoms in total. The number of carbonyl (C=O) groups excluding carboxylic acids is 1. The van der Waals surface area contributed by atoms with Gasteiger partial charge in [0, 0.05) is 11.7 Å².